The number of carbonyl (C=O) groups is 1. The van der Waals surface area contributed by atoms with Gasteiger partial charge in [0.05, 0.1) is 17.8 Å². The molecule has 0 radical (unpaired) electrons. The second-order valence-electron chi connectivity index (χ2n) is 8.42. The first-order valence-corrected chi connectivity index (χ1v) is 12.1. The molecule has 1 N–H and O–H groups in total. The molecule has 5 rings (SSSR count). The molecule has 0 aliphatic carbocycles. The lowest BCUT2D eigenvalue weighted by atomic mass is 9.97. The van der Waals surface area contributed by atoms with Gasteiger partial charge in [0.1, 0.15) is 5.82 Å². The number of rotatable bonds is 6. The molecule has 2 aromatic heterocycles. The second kappa shape index (κ2) is 9.31. The molecule has 4 aromatic rings. The number of hydrogen-bond donors (Lipinski definition) is 1. The van der Waals surface area contributed by atoms with Crippen LogP contribution in [-0.2, 0) is 17.8 Å². The third kappa shape index (κ3) is 4.75. The first kappa shape index (κ1) is 21.6. The van der Waals surface area contributed by atoms with E-state index in [1.165, 1.54) is 29.0 Å². The number of carbonyl (C=O) groups excluding carboxylic acids is 1. The Balaban J connectivity index is 1.22. The molecular formula is C25H26FN5OS. The highest BCUT2D eigenvalue weighted by Crippen LogP contribution is 2.30. The summed E-state index contributed by atoms with van der Waals surface area (Å²) in [6.07, 6.45) is 4.71. The number of imidazole rings is 1. The van der Waals surface area contributed by atoms with E-state index in [-0.39, 0.29) is 17.6 Å². The zero-order valence-corrected chi connectivity index (χ0v) is 19.3. The van der Waals surface area contributed by atoms with Crippen LogP contribution < -0.4 is 10.2 Å². The number of halogens is 1. The van der Waals surface area contributed by atoms with Gasteiger partial charge in [-0.05, 0) is 54.7 Å². The number of aromatic nitrogens is 3. The van der Waals surface area contributed by atoms with Gasteiger partial charge in [-0.15, -0.1) is 5.10 Å². The molecular weight excluding hydrogens is 437 g/mol. The highest BCUT2D eigenvalue weighted by atomic mass is 32.1. The Labute approximate surface area is 196 Å². The van der Waals surface area contributed by atoms with Crippen LogP contribution in [-0.4, -0.2) is 33.6 Å². The molecule has 33 heavy (non-hydrogen) atoms. The average molecular weight is 464 g/mol. The fraction of sp³-hybridized carbons (Fsp3) is 0.320. The van der Waals surface area contributed by atoms with E-state index >= 15 is 0 Å². The van der Waals surface area contributed by atoms with Gasteiger partial charge < -0.3 is 10.2 Å². The number of nitrogens with zero attached hydrogens (tertiary/aromatic N) is 4. The minimum atomic E-state index is -0.265. The molecule has 1 amide bonds. The van der Waals surface area contributed by atoms with E-state index in [4.69, 9.17) is 5.10 Å². The number of piperidine rings is 1. The van der Waals surface area contributed by atoms with Crippen molar-refractivity contribution in [3.8, 4) is 11.3 Å². The molecule has 170 valence electrons. The number of aryl methyl sites for hydroxylation is 1. The maximum absolute atomic E-state index is 13.2. The Bertz CT molecular complexity index is 1220. The fourth-order valence-electron chi connectivity index (χ4n) is 4.17. The SMILES string of the molecule is CCc1ccc(CNC(=O)[C@H]2CCCN(c3nn4cc(-c5ccc(F)cc5)nc4s3)C2)cc1. The summed E-state index contributed by atoms with van der Waals surface area (Å²) in [5.41, 5.74) is 4.04. The van der Waals surface area contributed by atoms with Gasteiger partial charge in [0, 0.05) is 25.2 Å². The van der Waals surface area contributed by atoms with Crippen molar-refractivity contribution in [1.82, 2.24) is 19.9 Å². The summed E-state index contributed by atoms with van der Waals surface area (Å²) >= 11 is 1.51. The van der Waals surface area contributed by atoms with Gasteiger partial charge in [-0.3, -0.25) is 4.79 Å². The number of hydrogen-bond acceptors (Lipinski definition) is 5. The maximum atomic E-state index is 13.2. The van der Waals surface area contributed by atoms with Crippen LogP contribution >= 0.6 is 11.3 Å². The predicted octanol–water partition coefficient (Wildman–Crippen LogP) is 4.69. The van der Waals surface area contributed by atoms with Gasteiger partial charge in [-0.1, -0.05) is 42.5 Å². The molecule has 3 heterocycles. The molecule has 2 aromatic carbocycles. The van der Waals surface area contributed by atoms with Crippen LogP contribution in [0.3, 0.4) is 0 Å². The molecule has 6 nitrogen and oxygen atoms in total. The number of benzene rings is 2. The number of amides is 1. The van der Waals surface area contributed by atoms with E-state index in [2.05, 4.69) is 46.4 Å². The van der Waals surface area contributed by atoms with E-state index in [9.17, 15) is 9.18 Å². The van der Waals surface area contributed by atoms with Crippen LogP contribution in [0.1, 0.15) is 30.9 Å². The third-order valence-electron chi connectivity index (χ3n) is 6.13. The lowest BCUT2D eigenvalue weighted by molar-refractivity contribution is -0.125. The van der Waals surface area contributed by atoms with Crippen LogP contribution in [0, 0.1) is 11.7 Å². The number of fused-ring (bicyclic) bond motifs is 1. The van der Waals surface area contributed by atoms with Crippen molar-refractivity contribution >= 4 is 27.3 Å². The minimum Gasteiger partial charge on any atom is -0.352 e. The van der Waals surface area contributed by atoms with Crippen molar-refractivity contribution in [2.24, 2.45) is 5.92 Å². The van der Waals surface area contributed by atoms with Gasteiger partial charge in [-0.25, -0.2) is 13.9 Å². The summed E-state index contributed by atoms with van der Waals surface area (Å²) in [4.78, 5) is 20.4. The number of anilines is 1. The van der Waals surface area contributed by atoms with Gasteiger partial charge in [0.15, 0.2) is 0 Å². The van der Waals surface area contributed by atoms with Crippen LogP contribution in [0.15, 0.2) is 54.7 Å². The first-order chi connectivity index (χ1) is 16.1. The van der Waals surface area contributed by atoms with E-state index < -0.39 is 0 Å². The van der Waals surface area contributed by atoms with Gasteiger partial charge in [0.25, 0.3) is 0 Å². The first-order valence-electron chi connectivity index (χ1n) is 11.3. The molecule has 8 heteroatoms. The molecule has 0 spiro atoms. The predicted molar refractivity (Wildman–Crippen MR) is 129 cm³/mol. The lowest BCUT2D eigenvalue weighted by Crippen LogP contribution is -2.43. The fourth-order valence-corrected chi connectivity index (χ4v) is 5.09. The Morgan fingerprint density at radius 1 is 1.15 bits per heavy atom. The Hall–Kier alpha value is -3.26. The quantitative estimate of drug-likeness (QED) is 0.451. The van der Waals surface area contributed by atoms with Crippen molar-refractivity contribution in [2.75, 3.05) is 18.0 Å². The molecule has 1 atom stereocenters. The molecule has 1 saturated heterocycles. The summed E-state index contributed by atoms with van der Waals surface area (Å²) in [7, 11) is 0. The maximum Gasteiger partial charge on any atom is 0.225 e. The minimum absolute atomic E-state index is 0.0559. The van der Waals surface area contributed by atoms with Crippen molar-refractivity contribution in [1.29, 1.82) is 0 Å². The van der Waals surface area contributed by atoms with E-state index in [1.807, 2.05) is 6.20 Å². The van der Waals surface area contributed by atoms with Gasteiger partial charge in [-0.2, -0.15) is 0 Å². The summed E-state index contributed by atoms with van der Waals surface area (Å²) in [6.45, 7) is 4.22. The van der Waals surface area contributed by atoms with Crippen LogP contribution in [0.5, 0.6) is 0 Å². The van der Waals surface area contributed by atoms with Crippen molar-refractivity contribution in [3.63, 3.8) is 0 Å². The molecule has 1 aliphatic rings. The largest absolute Gasteiger partial charge is 0.352 e. The Kier molecular flexibility index (Phi) is 6.09. The normalized spacial score (nSPS) is 16.3. The van der Waals surface area contributed by atoms with Gasteiger partial charge >= 0.3 is 0 Å². The second-order valence-corrected chi connectivity index (χ2v) is 9.35. The molecule has 0 saturated carbocycles. The molecule has 1 aliphatic heterocycles. The van der Waals surface area contributed by atoms with Crippen LogP contribution in [0.25, 0.3) is 16.2 Å². The van der Waals surface area contributed by atoms with E-state index in [0.717, 1.165) is 52.7 Å². The highest BCUT2D eigenvalue weighted by Gasteiger charge is 2.27. The summed E-state index contributed by atoms with van der Waals surface area (Å²) in [5.74, 6) is -0.225. The Morgan fingerprint density at radius 3 is 2.64 bits per heavy atom. The van der Waals surface area contributed by atoms with E-state index in [0.29, 0.717) is 13.1 Å². The van der Waals surface area contributed by atoms with E-state index in [1.54, 1.807) is 16.6 Å². The topological polar surface area (TPSA) is 62.5 Å². The number of nitrogens with one attached hydrogen (secondary N) is 1. The monoisotopic (exact) mass is 463 g/mol. The summed E-state index contributed by atoms with van der Waals surface area (Å²) in [6, 6.07) is 14.7. The molecule has 1 fully saturated rings. The third-order valence-corrected chi connectivity index (χ3v) is 7.12. The Morgan fingerprint density at radius 2 is 1.91 bits per heavy atom. The average Bonchev–Trinajstić information content (AvgIpc) is 3.43. The standard InChI is InChI=1S/C25H26FN5OS/c1-2-17-5-7-18(8-6-17)14-27-23(32)20-4-3-13-30(15-20)25-29-31-16-22(28-24(31)33-25)19-9-11-21(26)12-10-19/h5-12,16,20H,2-4,13-15H2,1H3,(H,27,32)/t20-/m0/s1. The highest BCUT2D eigenvalue weighted by molar-refractivity contribution is 7.20. The van der Waals surface area contributed by atoms with Crippen molar-refractivity contribution in [3.05, 3.63) is 71.7 Å². The van der Waals surface area contributed by atoms with Crippen LogP contribution in [0.4, 0.5) is 9.52 Å². The zero-order chi connectivity index (χ0) is 22.8. The van der Waals surface area contributed by atoms with Crippen LogP contribution in [0.2, 0.25) is 0 Å². The van der Waals surface area contributed by atoms with Crippen molar-refractivity contribution < 1.29 is 9.18 Å². The lowest BCUT2D eigenvalue weighted by Gasteiger charge is -2.31. The van der Waals surface area contributed by atoms with Crippen molar-refractivity contribution in [2.45, 2.75) is 32.7 Å². The zero-order valence-electron chi connectivity index (χ0n) is 18.5. The smallest absolute Gasteiger partial charge is 0.225 e. The summed E-state index contributed by atoms with van der Waals surface area (Å²) < 4.78 is 15.0. The van der Waals surface area contributed by atoms with Gasteiger partial charge in [0.2, 0.25) is 16.0 Å². The molecule has 0 bridgehead atoms. The summed E-state index contributed by atoms with van der Waals surface area (Å²) in [5, 5.41) is 8.67. The molecule has 0 unspecified atom stereocenters.